The van der Waals surface area contributed by atoms with Crippen molar-refractivity contribution in [3.8, 4) is 0 Å². The standard InChI is InChI=1S/C20H22FN5O4S2/c1-10-5-12(3-4-13(10)21)23-19(28)16-17-15(8-25(16)2)32(30)24-14-7-26(20(29)18(22)27)6-11(14)9-31-17/h3-5,8,11,14,24H,6-7,9H2,1-2H3,(H2,22,27)(H,23,28)/t11?,14-,32?/m0/s1. The number of benzene rings is 1. The summed E-state index contributed by atoms with van der Waals surface area (Å²) in [6, 6.07) is 4.04. The molecule has 2 aliphatic rings. The number of thioether (sulfide) groups is 1. The summed E-state index contributed by atoms with van der Waals surface area (Å²) in [5, 5.41) is 2.77. The van der Waals surface area contributed by atoms with Gasteiger partial charge in [0.25, 0.3) is 5.91 Å². The molecule has 1 fully saturated rings. The molecule has 0 saturated carbocycles. The largest absolute Gasteiger partial charge is 0.593 e. The third-order valence-electron chi connectivity index (χ3n) is 5.57. The number of primary amides is 1. The van der Waals surface area contributed by atoms with Crippen molar-refractivity contribution in [3.63, 3.8) is 0 Å². The van der Waals surface area contributed by atoms with Gasteiger partial charge in [-0.05, 0) is 30.7 Å². The Kier molecular flexibility index (Phi) is 6.21. The number of carbonyl (C=O) groups excluding carboxylic acids is 3. The Morgan fingerprint density at radius 2 is 2.09 bits per heavy atom. The molecule has 3 heterocycles. The van der Waals surface area contributed by atoms with Crippen LogP contribution in [0.25, 0.3) is 0 Å². The number of fused-ring (bicyclic) bond motifs is 2. The van der Waals surface area contributed by atoms with Gasteiger partial charge in [0, 0.05) is 37.5 Å². The first-order valence-electron chi connectivity index (χ1n) is 9.82. The minimum absolute atomic E-state index is 0.0729. The molecule has 12 heteroatoms. The predicted octanol–water partition coefficient (Wildman–Crippen LogP) is 0.755. The molecule has 1 saturated heterocycles. The lowest BCUT2D eigenvalue weighted by Gasteiger charge is -2.23. The Bertz CT molecular complexity index is 1110. The van der Waals surface area contributed by atoms with Crippen LogP contribution in [0, 0.1) is 18.7 Å². The quantitative estimate of drug-likeness (QED) is 0.430. The van der Waals surface area contributed by atoms with E-state index in [1.165, 1.54) is 28.8 Å². The number of likely N-dealkylation sites (tertiary alicyclic amines) is 1. The third-order valence-corrected chi connectivity index (χ3v) is 8.22. The molecule has 0 bridgehead atoms. The molecule has 4 rings (SSSR count). The molecule has 170 valence electrons. The first-order valence-corrected chi connectivity index (χ1v) is 12.0. The van der Waals surface area contributed by atoms with Gasteiger partial charge in [-0.1, -0.05) is 0 Å². The fourth-order valence-corrected chi connectivity index (χ4v) is 6.79. The van der Waals surface area contributed by atoms with Gasteiger partial charge in [-0.2, -0.15) is 0 Å². The average Bonchev–Trinajstić information content (AvgIpc) is 3.27. The normalized spacial score (nSPS) is 22.5. The van der Waals surface area contributed by atoms with Gasteiger partial charge in [0.1, 0.15) is 11.5 Å². The van der Waals surface area contributed by atoms with Crippen molar-refractivity contribution in [2.75, 3.05) is 24.2 Å². The SMILES string of the molecule is Cc1cc(NC(=O)c2c3c(cn2C)[S+]([O-])N[C@H]2CN(C(=O)C(N)=O)CC2CS3)ccc1F. The Labute approximate surface area is 191 Å². The van der Waals surface area contributed by atoms with Crippen LogP contribution in [0.15, 0.2) is 34.2 Å². The summed E-state index contributed by atoms with van der Waals surface area (Å²) >= 11 is -0.239. The number of rotatable bonds is 2. The fraction of sp³-hybridized carbons (Fsp3) is 0.350. The van der Waals surface area contributed by atoms with Crippen molar-refractivity contribution < 1.29 is 23.3 Å². The van der Waals surface area contributed by atoms with Crippen LogP contribution in [0.4, 0.5) is 10.1 Å². The average molecular weight is 480 g/mol. The maximum absolute atomic E-state index is 13.5. The fourth-order valence-electron chi connectivity index (χ4n) is 3.91. The van der Waals surface area contributed by atoms with Gasteiger partial charge >= 0.3 is 11.8 Å². The number of anilines is 1. The summed E-state index contributed by atoms with van der Waals surface area (Å²) in [6.07, 6.45) is 1.64. The molecule has 9 nitrogen and oxygen atoms in total. The van der Waals surface area contributed by atoms with Gasteiger partial charge in [0.05, 0.1) is 28.5 Å². The summed E-state index contributed by atoms with van der Waals surface area (Å²) in [4.78, 5) is 38.7. The van der Waals surface area contributed by atoms with E-state index in [1.807, 2.05) is 0 Å². The molecule has 32 heavy (non-hydrogen) atoms. The topological polar surface area (TPSA) is 133 Å². The van der Waals surface area contributed by atoms with Crippen molar-refractivity contribution >= 4 is 46.5 Å². The van der Waals surface area contributed by atoms with Crippen LogP contribution in [0.2, 0.25) is 0 Å². The highest BCUT2D eigenvalue weighted by Gasteiger charge is 2.42. The van der Waals surface area contributed by atoms with E-state index in [0.29, 0.717) is 39.0 Å². The molecular weight excluding hydrogens is 457 g/mol. The zero-order chi connectivity index (χ0) is 23.2. The van der Waals surface area contributed by atoms with E-state index in [0.717, 1.165) is 0 Å². The van der Waals surface area contributed by atoms with Crippen molar-refractivity contribution in [2.24, 2.45) is 18.7 Å². The second-order valence-electron chi connectivity index (χ2n) is 7.84. The number of halogens is 1. The summed E-state index contributed by atoms with van der Waals surface area (Å²) in [6.45, 7) is 2.15. The molecule has 2 aromatic rings. The molecule has 0 aliphatic carbocycles. The van der Waals surface area contributed by atoms with E-state index in [4.69, 9.17) is 5.73 Å². The highest BCUT2D eigenvalue weighted by molar-refractivity contribution is 8.00. The number of nitrogens with zero attached hydrogens (tertiary/aromatic N) is 2. The molecule has 4 N–H and O–H groups in total. The zero-order valence-corrected chi connectivity index (χ0v) is 19.0. The number of carbonyl (C=O) groups is 3. The number of aromatic nitrogens is 1. The van der Waals surface area contributed by atoms with E-state index < -0.39 is 29.1 Å². The van der Waals surface area contributed by atoms with Crippen molar-refractivity contribution in [3.05, 3.63) is 41.5 Å². The number of aryl methyl sites for hydroxylation is 2. The van der Waals surface area contributed by atoms with Crippen LogP contribution in [-0.2, 0) is 28.0 Å². The number of nitrogens with one attached hydrogen (secondary N) is 2. The summed E-state index contributed by atoms with van der Waals surface area (Å²) < 4.78 is 31.2. The molecule has 3 amide bonds. The minimum Gasteiger partial charge on any atom is -0.593 e. The molecular formula is C20H22FN5O4S2. The number of hydrogen-bond donors (Lipinski definition) is 3. The van der Waals surface area contributed by atoms with E-state index in [9.17, 15) is 23.3 Å². The summed E-state index contributed by atoms with van der Waals surface area (Å²) in [5.74, 6) is -2.08. The van der Waals surface area contributed by atoms with Gasteiger partial charge in [0.15, 0.2) is 0 Å². The highest BCUT2D eigenvalue weighted by atomic mass is 32.2. The van der Waals surface area contributed by atoms with E-state index >= 15 is 0 Å². The van der Waals surface area contributed by atoms with Crippen LogP contribution in [-0.4, -0.2) is 56.6 Å². The second-order valence-corrected chi connectivity index (χ2v) is 10.1. The first kappa shape index (κ1) is 22.6. The van der Waals surface area contributed by atoms with Crippen LogP contribution in [0.1, 0.15) is 16.1 Å². The molecule has 2 unspecified atom stereocenters. The van der Waals surface area contributed by atoms with Crippen LogP contribution in [0.5, 0.6) is 0 Å². The Morgan fingerprint density at radius 1 is 1.34 bits per heavy atom. The highest BCUT2D eigenvalue weighted by Crippen LogP contribution is 2.37. The zero-order valence-electron chi connectivity index (χ0n) is 17.4. The van der Waals surface area contributed by atoms with Gasteiger partial charge in [-0.3, -0.25) is 14.4 Å². The molecule has 0 spiro atoms. The lowest BCUT2D eigenvalue weighted by atomic mass is 10.1. The van der Waals surface area contributed by atoms with E-state index in [-0.39, 0.29) is 24.3 Å². The maximum Gasteiger partial charge on any atom is 0.311 e. The monoisotopic (exact) mass is 479 g/mol. The molecule has 2 aliphatic heterocycles. The Hall–Kier alpha value is -2.54. The lowest BCUT2D eigenvalue weighted by molar-refractivity contribution is -0.143. The van der Waals surface area contributed by atoms with Gasteiger partial charge < -0.3 is 25.1 Å². The summed E-state index contributed by atoms with van der Waals surface area (Å²) in [5.41, 5.74) is 6.31. The van der Waals surface area contributed by atoms with Crippen LogP contribution < -0.4 is 15.8 Å². The number of hydrogen-bond acceptors (Lipinski definition) is 6. The second kappa shape index (κ2) is 8.77. The van der Waals surface area contributed by atoms with Gasteiger partial charge in [-0.25, -0.2) is 4.39 Å². The lowest BCUT2D eigenvalue weighted by Crippen LogP contribution is -2.43. The Morgan fingerprint density at radius 3 is 2.78 bits per heavy atom. The van der Waals surface area contributed by atoms with E-state index in [2.05, 4.69) is 10.0 Å². The van der Waals surface area contributed by atoms with Gasteiger partial charge in [0.2, 0.25) is 4.90 Å². The molecule has 0 radical (unpaired) electrons. The molecule has 1 aromatic heterocycles. The molecule has 1 aromatic carbocycles. The van der Waals surface area contributed by atoms with Crippen LogP contribution >= 0.6 is 11.8 Å². The smallest absolute Gasteiger partial charge is 0.311 e. The predicted molar refractivity (Wildman–Crippen MR) is 118 cm³/mol. The maximum atomic E-state index is 13.5. The number of nitrogens with two attached hydrogens (primary N) is 1. The van der Waals surface area contributed by atoms with Gasteiger partial charge in [-0.15, -0.1) is 16.5 Å². The minimum atomic E-state index is -1.63. The first-order chi connectivity index (χ1) is 15.2. The molecule has 3 atom stereocenters. The van der Waals surface area contributed by atoms with Crippen molar-refractivity contribution in [2.45, 2.75) is 22.8 Å². The third kappa shape index (κ3) is 4.22. The van der Waals surface area contributed by atoms with Crippen LogP contribution in [0.3, 0.4) is 0 Å². The van der Waals surface area contributed by atoms with Crippen molar-refractivity contribution in [1.29, 1.82) is 0 Å². The number of amides is 3. The summed E-state index contributed by atoms with van der Waals surface area (Å²) in [7, 11) is 1.70. The Balaban J connectivity index is 1.58. The van der Waals surface area contributed by atoms with Crippen molar-refractivity contribution in [1.82, 2.24) is 14.2 Å². The van der Waals surface area contributed by atoms with E-state index in [1.54, 1.807) is 30.8 Å².